The average Bonchev–Trinajstić information content (AvgIpc) is 3.49. The molecule has 0 aliphatic carbocycles. The summed E-state index contributed by atoms with van der Waals surface area (Å²) in [6.07, 6.45) is 2.95. The van der Waals surface area contributed by atoms with Crippen molar-refractivity contribution in [3.63, 3.8) is 0 Å². The van der Waals surface area contributed by atoms with Gasteiger partial charge < -0.3 is 15.6 Å². The van der Waals surface area contributed by atoms with E-state index >= 15 is 0 Å². The normalized spacial score (nSPS) is 23.1. The highest BCUT2D eigenvalue weighted by Crippen LogP contribution is 2.40. The second kappa shape index (κ2) is 8.74. The number of aryl methyl sites for hydroxylation is 1. The number of likely N-dealkylation sites (tertiary alicyclic amines) is 1. The summed E-state index contributed by atoms with van der Waals surface area (Å²) in [5, 5.41) is 5.95. The minimum Gasteiger partial charge on any atom is -0.354 e. The molecule has 0 unspecified atom stereocenters. The van der Waals surface area contributed by atoms with E-state index in [1.165, 1.54) is 5.56 Å². The van der Waals surface area contributed by atoms with Crippen molar-refractivity contribution in [1.29, 1.82) is 0 Å². The molecule has 2 aromatic carbocycles. The second-order valence-electron chi connectivity index (χ2n) is 9.05. The smallest absolute Gasteiger partial charge is 0.242 e. The summed E-state index contributed by atoms with van der Waals surface area (Å²) in [6, 6.07) is 17.8. The molecule has 0 bridgehead atoms. The van der Waals surface area contributed by atoms with E-state index in [9.17, 15) is 9.59 Å². The van der Waals surface area contributed by atoms with E-state index in [2.05, 4.69) is 37.6 Å². The Morgan fingerprint density at radius 3 is 2.81 bits per heavy atom. The number of hydrogen-bond donors (Lipinski definition) is 3. The first-order chi connectivity index (χ1) is 15.6. The molecule has 7 nitrogen and oxygen atoms in total. The molecule has 2 saturated heterocycles. The Bertz CT molecular complexity index is 1080. The van der Waals surface area contributed by atoms with Gasteiger partial charge in [0.2, 0.25) is 11.8 Å². The highest BCUT2D eigenvalue weighted by atomic mass is 16.2. The first kappa shape index (κ1) is 20.7. The number of benzene rings is 2. The quantitative estimate of drug-likeness (QED) is 0.501. The highest BCUT2D eigenvalue weighted by Gasteiger charge is 2.52. The van der Waals surface area contributed by atoms with Gasteiger partial charge in [0.25, 0.3) is 0 Å². The molecule has 7 heteroatoms. The molecular weight excluding hydrogens is 402 g/mol. The van der Waals surface area contributed by atoms with Gasteiger partial charge in [-0.3, -0.25) is 14.5 Å². The number of para-hydroxylation sites is 2. The zero-order chi connectivity index (χ0) is 22.0. The maximum atomic E-state index is 12.8. The van der Waals surface area contributed by atoms with Gasteiger partial charge in [0, 0.05) is 26.1 Å². The van der Waals surface area contributed by atoms with Gasteiger partial charge in [0.15, 0.2) is 0 Å². The number of hydrogen-bond acceptors (Lipinski definition) is 4. The Balaban J connectivity index is 1.09. The summed E-state index contributed by atoms with van der Waals surface area (Å²) in [4.78, 5) is 35.7. The summed E-state index contributed by atoms with van der Waals surface area (Å²) in [6.45, 7) is 3.00. The fourth-order valence-corrected chi connectivity index (χ4v) is 5.01. The fourth-order valence-electron chi connectivity index (χ4n) is 5.01. The van der Waals surface area contributed by atoms with E-state index in [-0.39, 0.29) is 11.8 Å². The van der Waals surface area contributed by atoms with Crippen molar-refractivity contribution < 1.29 is 9.59 Å². The van der Waals surface area contributed by atoms with Gasteiger partial charge in [-0.05, 0) is 43.5 Å². The van der Waals surface area contributed by atoms with Gasteiger partial charge in [-0.15, -0.1) is 0 Å². The van der Waals surface area contributed by atoms with Crippen LogP contribution in [-0.2, 0) is 22.6 Å². The number of rotatable bonds is 7. The summed E-state index contributed by atoms with van der Waals surface area (Å²) in [7, 11) is 0. The number of nitrogens with zero attached hydrogens (tertiary/aromatic N) is 2. The lowest BCUT2D eigenvalue weighted by Crippen LogP contribution is -2.42. The van der Waals surface area contributed by atoms with Crippen molar-refractivity contribution in [3.8, 4) is 0 Å². The predicted octanol–water partition coefficient (Wildman–Crippen LogP) is 2.39. The lowest BCUT2D eigenvalue weighted by molar-refractivity contribution is -0.128. The van der Waals surface area contributed by atoms with Crippen molar-refractivity contribution in [2.45, 2.75) is 38.3 Å². The SMILES string of the molecule is O=C(NCCCc1nc2ccccc2[nH]1)[C@@H]1C[C@]2(CCN(Cc3ccccc3)C2)C(=O)N1. The van der Waals surface area contributed by atoms with Crippen molar-refractivity contribution in [1.82, 2.24) is 25.5 Å². The monoisotopic (exact) mass is 431 g/mol. The molecule has 2 amide bonds. The van der Waals surface area contributed by atoms with E-state index in [0.717, 1.165) is 49.2 Å². The number of aromatic nitrogens is 2. The maximum Gasteiger partial charge on any atom is 0.242 e. The van der Waals surface area contributed by atoms with Crippen LogP contribution < -0.4 is 10.6 Å². The van der Waals surface area contributed by atoms with Gasteiger partial charge in [-0.1, -0.05) is 42.5 Å². The zero-order valence-electron chi connectivity index (χ0n) is 18.1. The third-order valence-corrected chi connectivity index (χ3v) is 6.71. The number of amides is 2. The van der Waals surface area contributed by atoms with Crippen LogP contribution in [0.25, 0.3) is 11.0 Å². The van der Waals surface area contributed by atoms with Crippen LogP contribution in [-0.4, -0.2) is 52.4 Å². The van der Waals surface area contributed by atoms with E-state index in [1.807, 2.05) is 42.5 Å². The molecular formula is C25H29N5O2. The number of imidazole rings is 1. The Morgan fingerprint density at radius 2 is 1.97 bits per heavy atom. The molecule has 0 radical (unpaired) electrons. The third-order valence-electron chi connectivity index (χ3n) is 6.71. The van der Waals surface area contributed by atoms with Crippen LogP contribution in [0.4, 0.5) is 0 Å². The first-order valence-electron chi connectivity index (χ1n) is 11.4. The largest absolute Gasteiger partial charge is 0.354 e. The van der Waals surface area contributed by atoms with Crippen molar-refractivity contribution in [2.24, 2.45) is 5.41 Å². The molecule has 2 fully saturated rings. The van der Waals surface area contributed by atoms with Crippen molar-refractivity contribution >= 4 is 22.8 Å². The summed E-state index contributed by atoms with van der Waals surface area (Å²) in [5.41, 5.74) is 2.80. The number of aromatic amines is 1. The molecule has 1 spiro atoms. The van der Waals surface area contributed by atoms with Crippen molar-refractivity contribution in [3.05, 3.63) is 66.0 Å². The summed E-state index contributed by atoms with van der Waals surface area (Å²) < 4.78 is 0. The van der Waals surface area contributed by atoms with Crippen LogP contribution in [0.15, 0.2) is 54.6 Å². The maximum absolute atomic E-state index is 12.8. The predicted molar refractivity (Wildman–Crippen MR) is 123 cm³/mol. The van der Waals surface area contributed by atoms with Crippen LogP contribution in [0, 0.1) is 5.41 Å². The molecule has 2 aliphatic rings. The van der Waals surface area contributed by atoms with E-state index in [0.29, 0.717) is 19.5 Å². The van der Waals surface area contributed by atoms with Crippen molar-refractivity contribution in [2.75, 3.05) is 19.6 Å². The number of fused-ring (bicyclic) bond motifs is 1. The first-order valence-corrected chi connectivity index (χ1v) is 11.4. The number of carbonyl (C=O) groups excluding carboxylic acids is 2. The second-order valence-corrected chi connectivity index (χ2v) is 9.05. The van der Waals surface area contributed by atoms with Crippen LogP contribution >= 0.6 is 0 Å². The molecule has 3 heterocycles. The van der Waals surface area contributed by atoms with Crippen LogP contribution in [0.2, 0.25) is 0 Å². The molecule has 166 valence electrons. The number of carbonyl (C=O) groups is 2. The van der Waals surface area contributed by atoms with E-state index in [4.69, 9.17) is 0 Å². The van der Waals surface area contributed by atoms with Gasteiger partial charge >= 0.3 is 0 Å². The minimum atomic E-state index is -0.439. The van der Waals surface area contributed by atoms with Gasteiger partial charge in [-0.2, -0.15) is 0 Å². The Morgan fingerprint density at radius 1 is 1.16 bits per heavy atom. The Labute approximate surface area is 187 Å². The molecule has 2 aliphatic heterocycles. The topological polar surface area (TPSA) is 90.1 Å². The van der Waals surface area contributed by atoms with E-state index in [1.54, 1.807) is 0 Å². The molecule has 32 heavy (non-hydrogen) atoms. The van der Waals surface area contributed by atoms with Gasteiger partial charge in [0.1, 0.15) is 11.9 Å². The van der Waals surface area contributed by atoms with Gasteiger partial charge in [-0.25, -0.2) is 4.98 Å². The lowest BCUT2D eigenvalue weighted by atomic mass is 9.84. The average molecular weight is 432 g/mol. The molecule has 3 N–H and O–H groups in total. The zero-order valence-corrected chi connectivity index (χ0v) is 18.1. The summed E-state index contributed by atoms with van der Waals surface area (Å²) >= 11 is 0. The highest BCUT2D eigenvalue weighted by molar-refractivity contribution is 5.94. The molecule has 1 aromatic heterocycles. The Kier molecular flexibility index (Phi) is 5.66. The summed E-state index contributed by atoms with van der Waals surface area (Å²) in [5.74, 6) is 0.870. The molecule has 2 atom stereocenters. The molecule has 5 rings (SSSR count). The van der Waals surface area contributed by atoms with Gasteiger partial charge in [0.05, 0.1) is 16.4 Å². The molecule has 3 aromatic rings. The van der Waals surface area contributed by atoms with E-state index < -0.39 is 11.5 Å². The lowest BCUT2D eigenvalue weighted by Gasteiger charge is -2.21. The fraction of sp³-hybridized carbons (Fsp3) is 0.400. The van der Waals surface area contributed by atoms with Crippen LogP contribution in [0.1, 0.15) is 30.7 Å². The standard InChI is InChI=1S/C25H29N5O2/c31-23(26-13-6-11-22-27-19-9-4-5-10-20(19)28-22)21-15-25(24(32)29-21)12-14-30(17-25)16-18-7-2-1-3-8-18/h1-5,7-10,21H,6,11-17H2,(H,26,31)(H,27,28)(H,29,32)/t21-,25-/m0/s1. The van der Waals surface area contributed by atoms with Crippen LogP contribution in [0.5, 0.6) is 0 Å². The third kappa shape index (κ3) is 4.25. The molecule has 0 saturated carbocycles. The minimum absolute atomic E-state index is 0.0236. The number of H-pyrrole nitrogens is 1. The Hall–Kier alpha value is -3.19. The number of nitrogens with one attached hydrogen (secondary N) is 3. The van der Waals surface area contributed by atoms with Crippen LogP contribution in [0.3, 0.4) is 0 Å².